The molecule has 1 fully saturated rings. The van der Waals surface area contributed by atoms with Gasteiger partial charge in [-0.3, -0.25) is 14.5 Å². The Balaban J connectivity index is 1.71. The van der Waals surface area contributed by atoms with E-state index in [2.05, 4.69) is 9.64 Å². The molecule has 2 aromatic carbocycles. The average Bonchev–Trinajstić information content (AvgIpc) is 2.75. The van der Waals surface area contributed by atoms with Gasteiger partial charge in [-0.25, -0.2) is 4.39 Å². The number of amides is 2. The van der Waals surface area contributed by atoms with Crippen molar-refractivity contribution in [3.63, 3.8) is 0 Å². The van der Waals surface area contributed by atoms with Gasteiger partial charge < -0.3 is 15.4 Å². The maximum absolute atomic E-state index is 13.1. The molecule has 2 N–H and O–H groups in total. The molecule has 1 heterocycles. The van der Waals surface area contributed by atoms with Crippen LogP contribution in [0.3, 0.4) is 0 Å². The van der Waals surface area contributed by atoms with Crippen LogP contribution in [0.1, 0.15) is 23.6 Å². The number of rotatable bonds is 7. The quantitative estimate of drug-likeness (QED) is 0.446. The van der Waals surface area contributed by atoms with Gasteiger partial charge in [-0.05, 0) is 54.0 Å². The minimum absolute atomic E-state index is 0.138. The van der Waals surface area contributed by atoms with Gasteiger partial charge in [0.05, 0.1) is 11.4 Å². The van der Waals surface area contributed by atoms with E-state index < -0.39 is 18.0 Å². The van der Waals surface area contributed by atoms with Crippen molar-refractivity contribution in [1.82, 2.24) is 9.80 Å². The predicted molar refractivity (Wildman–Crippen MR) is 123 cm³/mol. The Kier molecular flexibility index (Phi) is 8.39. The molecule has 3 rings (SSSR count). The number of nitrogens with zero attached hydrogens (tertiary/aromatic N) is 2. The Morgan fingerprint density at radius 2 is 1.89 bits per heavy atom. The number of nitrogens with two attached hydrogens (primary N) is 1. The van der Waals surface area contributed by atoms with Gasteiger partial charge in [0.15, 0.2) is 0 Å². The number of halogens is 5. The van der Waals surface area contributed by atoms with E-state index >= 15 is 0 Å². The predicted octanol–water partition coefficient (Wildman–Crippen LogP) is 4.15. The highest BCUT2D eigenvalue weighted by Crippen LogP contribution is 2.33. The summed E-state index contributed by atoms with van der Waals surface area (Å²) < 4.78 is 55.1. The molecular formula is C24H24ClF4N3O3. The van der Waals surface area contributed by atoms with E-state index in [-0.39, 0.29) is 40.3 Å². The molecule has 0 spiro atoms. The standard InChI is InChI=1S/C24H24ClF4N3O3/c1-15-13-31(14-16-2-5-19(26)6-3-16)8-9-32(15)23(34)7-4-17-11-21(35-24(27,28)29)20(25)10-18(17)12-22(30)33/h2-7,10-11,15H,8-9,12-14H2,1H3,(H2,30,33)/b7-4+/t15-/m1/s1. The molecule has 1 saturated heterocycles. The first-order valence-corrected chi connectivity index (χ1v) is 11.1. The summed E-state index contributed by atoms with van der Waals surface area (Å²) in [5.74, 6) is -2.00. The van der Waals surface area contributed by atoms with Crippen LogP contribution in [0.5, 0.6) is 5.75 Å². The summed E-state index contributed by atoms with van der Waals surface area (Å²) in [6.07, 6.45) is -2.69. The third-order valence-corrected chi connectivity index (χ3v) is 5.80. The molecule has 0 radical (unpaired) electrons. The minimum atomic E-state index is -4.96. The third kappa shape index (κ3) is 7.69. The topological polar surface area (TPSA) is 75.9 Å². The van der Waals surface area contributed by atoms with Crippen molar-refractivity contribution in [1.29, 1.82) is 0 Å². The summed E-state index contributed by atoms with van der Waals surface area (Å²) in [7, 11) is 0. The van der Waals surface area contributed by atoms with Gasteiger partial charge in [0.1, 0.15) is 11.6 Å². The Labute approximate surface area is 204 Å². The summed E-state index contributed by atoms with van der Waals surface area (Å²) in [6, 6.07) is 8.27. The molecule has 0 aliphatic carbocycles. The molecule has 6 nitrogen and oxygen atoms in total. The summed E-state index contributed by atoms with van der Waals surface area (Å²) in [4.78, 5) is 28.0. The number of piperazine rings is 1. The second-order valence-corrected chi connectivity index (χ2v) is 8.66. The van der Waals surface area contributed by atoms with E-state index in [1.807, 2.05) is 6.92 Å². The lowest BCUT2D eigenvalue weighted by Gasteiger charge is -2.39. The van der Waals surface area contributed by atoms with Crippen molar-refractivity contribution in [3.05, 3.63) is 70.0 Å². The number of benzene rings is 2. The van der Waals surface area contributed by atoms with Crippen LogP contribution in [-0.2, 0) is 22.6 Å². The van der Waals surface area contributed by atoms with Crippen LogP contribution in [0.15, 0.2) is 42.5 Å². The van der Waals surface area contributed by atoms with Crippen molar-refractivity contribution < 1.29 is 31.9 Å². The molecule has 0 saturated carbocycles. The molecule has 1 atom stereocenters. The number of carbonyl (C=O) groups excluding carboxylic acids is 2. The highest BCUT2D eigenvalue weighted by atomic mass is 35.5. The summed E-state index contributed by atoms with van der Waals surface area (Å²) in [5.41, 5.74) is 6.61. The molecule has 2 aromatic rings. The molecule has 188 valence electrons. The van der Waals surface area contributed by atoms with Crippen molar-refractivity contribution in [2.75, 3.05) is 19.6 Å². The molecular weight excluding hydrogens is 490 g/mol. The highest BCUT2D eigenvalue weighted by molar-refractivity contribution is 6.32. The van der Waals surface area contributed by atoms with E-state index in [0.717, 1.165) is 17.7 Å². The largest absolute Gasteiger partial charge is 0.573 e. The fraction of sp³-hybridized carbons (Fsp3) is 0.333. The van der Waals surface area contributed by atoms with E-state index in [1.165, 1.54) is 24.3 Å². The van der Waals surface area contributed by atoms with Crippen LogP contribution in [0.4, 0.5) is 17.6 Å². The maximum Gasteiger partial charge on any atom is 0.573 e. The fourth-order valence-corrected chi connectivity index (χ4v) is 4.14. The van der Waals surface area contributed by atoms with Crippen LogP contribution in [0.25, 0.3) is 6.08 Å². The van der Waals surface area contributed by atoms with Crippen molar-refractivity contribution in [2.24, 2.45) is 5.73 Å². The van der Waals surface area contributed by atoms with Crippen molar-refractivity contribution in [3.8, 4) is 5.75 Å². The first kappa shape index (κ1) is 26.5. The minimum Gasteiger partial charge on any atom is -0.404 e. The van der Waals surface area contributed by atoms with E-state index in [0.29, 0.717) is 26.2 Å². The van der Waals surface area contributed by atoms with E-state index in [4.69, 9.17) is 17.3 Å². The van der Waals surface area contributed by atoms with Gasteiger partial charge in [-0.1, -0.05) is 23.7 Å². The average molecular weight is 514 g/mol. The Hall–Kier alpha value is -3.11. The second kappa shape index (κ2) is 11.1. The van der Waals surface area contributed by atoms with Gasteiger partial charge in [-0.15, -0.1) is 13.2 Å². The molecule has 0 bridgehead atoms. The lowest BCUT2D eigenvalue weighted by atomic mass is 10.0. The van der Waals surface area contributed by atoms with Crippen molar-refractivity contribution in [2.45, 2.75) is 32.3 Å². The number of primary amides is 1. The Morgan fingerprint density at radius 3 is 2.49 bits per heavy atom. The SMILES string of the molecule is C[C@@H]1CN(Cc2ccc(F)cc2)CCN1C(=O)/C=C/c1cc(OC(F)(F)F)c(Cl)cc1CC(N)=O. The lowest BCUT2D eigenvalue weighted by molar-refractivity contribution is -0.274. The summed E-state index contributed by atoms with van der Waals surface area (Å²) in [5, 5.41) is -0.340. The van der Waals surface area contributed by atoms with E-state index in [9.17, 15) is 27.2 Å². The van der Waals surface area contributed by atoms with Crippen LogP contribution in [0, 0.1) is 5.82 Å². The second-order valence-electron chi connectivity index (χ2n) is 8.25. The molecule has 2 amide bonds. The van der Waals surface area contributed by atoms with Crippen LogP contribution >= 0.6 is 11.6 Å². The van der Waals surface area contributed by atoms with E-state index in [1.54, 1.807) is 17.0 Å². The molecule has 0 unspecified atom stereocenters. The van der Waals surface area contributed by atoms with Gasteiger partial charge in [0.25, 0.3) is 0 Å². The highest BCUT2D eigenvalue weighted by Gasteiger charge is 2.32. The van der Waals surface area contributed by atoms with Crippen LogP contribution in [0.2, 0.25) is 5.02 Å². The number of hydrogen-bond donors (Lipinski definition) is 1. The molecule has 1 aliphatic rings. The zero-order valence-electron chi connectivity index (χ0n) is 18.8. The number of hydrogen-bond acceptors (Lipinski definition) is 4. The molecule has 1 aliphatic heterocycles. The summed E-state index contributed by atoms with van der Waals surface area (Å²) in [6.45, 7) is 4.13. The van der Waals surface area contributed by atoms with Crippen LogP contribution in [-0.4, -0.2) is 53.7 Å². The van der Waals surface area contributed by atoms with Gasteiger partial charge in [-0.2, -0.15) is 0 Å². The fourth-order valence-electron chi connectivity index (χ4n) is 3.92. The number of alkyl halides is 3. The van der Waals surface area contributed by atoms with Crippen molar-refractivity contribution >= 4 is 29.5 Å². The molecule has 0 aromatic heterocycles. The monoisotopic (exact) mass is 513 g/mol. The Morgan fingerprint density at radius 1 is 1.20 bits per heavy atom. The zero-order chi connectivity index (χ0) is 25.8. The normalized spacial score (nSPS) is 17.1. The smallest absolute Gasteiger partial charge is 0.404 e. The molecule has 11 heteroatoms. The summed E-state index contributed by atoms with van der Waals surface area (Å²) >= 11 is 5.87. The first-order valence-electron chi connectivity index (χ1n) is 10.7. The number of carbonyl (C=O) groups is 2. The lowest BCUT2D eigenvalue weighted by Crippen LogP contribution is -2.53. The van der Waals surface area contributed by atoms with Crippen LogP contribution < -0.4 is 10.5 Å². The Bertz CT molecular complexity index is 1110. The van der Waals surface area contributed by atoms with Gasteiger partial charge in [0.2, 0.25) is 11.8 Å². The molecule has 35 heavy (non-hydrogen) atoms. The third-order valence-electron chi connectivity index (χ3n) is 5.50. The maximum atomic E-state index is 13.1. The van der Waals surface area contributed by atoms with Gasteiger partial charge in [0, 0.05) is 38.3 Å². The van der Waals surface area contributed by atoms with Gasteiger partial charge >= 0.3 is 6.36 Å². The first-order chi connectivity index (χ1) is 16.4. The zero-order valence-corrected chi connectivity index (χ0v) is 19.6. The number of ether oxygens (including phenoxy) is 1.